The molecule has 58 heavy (non-hydrogen) atoms. The first-order valence-electron chi connectivity index (χ1n) is 19.4. The number of hydrogen-bond donors (Lipinski definition) is 1. The topological polar surface area (TPSA) is 187 Å². The van der Waals surface area contributed by atoms with E-state index in [4.69, 9.17) is 42.6 Å². The average Bonchev–Trinajstić information content (AvgIpc) is 3.56. The molecule has 6 rings (SSSR count). The van der Waals surface area contributed by atoms with Crippen LogP contribution in [0.25, 0.3) is 10.9 Å². The first-order chi connectivity index (χ1) is 27.7. The Hall–Kier alpha value is -5.35. The standard InChI is InChI=1S/C42H52N2O14/c1-9-54-41(49)57-37-30(50-5)16-22(17-31(37)51-6)39(47)56-32-18-23-21-44-15-14-26-25-11-10-24(55-33(45)12-13-34(46)58-42(2,3)4)19-28(25)43-36(26)29(44)20-27(23)35(38(32)52-7)40(48)53-8/h10-11,16-17,19,23,27,29,32,35,38,43H,9,12-15,18,20-21H2,1-8H3/t23-,27+,29-,32-,35+,38+/m1/s1. The molecule has 314 valence electrons. The maximum absolute atomic E-state index is 13.8. The minimum absolute atomic E-state index is 0.0356. The molecule has 0 spiro atoms. The van der Waals surface area contributed by atoms with Gasteiger partial charge in [0.25, 0.3) is 0 Å². The van der Waals surface area contributed by atoms with Crippen molar-refractivity contribution in [2.24, 2.45) is 17.8 Å². The number of nitrogens with one attached hydrogen (secondary N) is 1. The van der Waals surface area contributed by atoms with Crippen molar-refractivity contribution in [2.45, 2.75) is 83.6 Å². The van der Waals surface area contributed by atoms with Crippen LogP contribution in [0, 0.1) is 17.8 Å². The van der Waals surface area contributed by atoms with E-state index in [1.54, 1.807) is 39.8 Å². The highest BCUT2D eigenvalue weighted by Crippen LogP contribution is 2.51. The number of hydrogen-bond acceptors (Lipinski definition) is 15. The number of H-pyrrole nitrogens is 1. The fourth-order valence-electron chi connectivity index (χ4n) is 8.61. The number of fused-ring (bicyclic) bond motifs is 6. The van der Waals surface area contributed by atoms with Gasteiger partial charge in [-0.15, -0.1) is 0 Å². The molecular weight excluding hydrogens is 756 g/mol. The Morgan fingerprint density at radius 3 is 2.24 bits per heavy atom. The molecule has 1 saturated heterocycles. The second-order valence-electron chi connectivity index (χ2n) is 15.6. The van der Waals surface area contributed by atoms with Crippen molar-refractivity contribution in [3.05, 3.63) is 47.2 Å². The summed E-state index contributed by atoms with van der Waals surface area (Å²) in [6, 6.07) is 8.19. The molecular formula is C42H52N2O14. The highest BCUT2D eigenvalue weighted by Gasteiger charge is 2.54. The van der Waals surface area contributed by atoms with E-state index < -0.39 is 53.8 Å². The minimum atomic E-state index is -0.964. The largest absolute Gasteiger partial charge is 0.514 e. The molecule has 0 bridgehead atoms. The highest BCUT2D eigenvalue weighted by molar-refractivity contribution is 5.92. The van der Waals surface area contributed by atoms with Crippen molar-refractivity contribution in [2.75, 3.05) is 48.1 Å². The van der Waals surface area contributed by atoms with Gasteiger partial charge < -0.3 is 47.6 Å². The summed E-state index contributed by atoms with van der Waals surface area (Å²) >= 11 is 0. The molecule has 3 aromatic rings. The van der Waals surface area contributed by atoms with Crippen LogP contribution in [0.1, 0.15) is 81.0 Å². The van der Waals surface area contributed by atoms with Gasteiger partial charge in [0.2, 0.25) is 5.75 Å². The molecule has 0 unspecified atom stereocenters. The number of benzene rings is 2. The Kier molecular flexibility index (Phi) is 12.9. The van der Waals surface area contributed by atoms with Crippen molar-refractivity contribution >= 4 is 40.9 Å². The van der Waals surface area contributed by atoms with E-state index in [0.717, 1.165) is 29.6 Å². The third kappa shape index (κ3) is 9.02. The second-order valence-corrected chi connectivity index (χ2v) is 15.6. The number of methoxy groups -OCH3 is 4. The Balaban J connectivity index is 1.20. The van der Waals surface area contributed by atoms with Crippen LogP contribution in [0.15, 0.2) is 30.3 Å². The minimum Gasteiger partial charge on any atom is -0.493 e. The molecule has 2 aliphatic heterocycles. The van der Waals surface area contributed by atoms with Crippen LogP contribution in [0.4, 0.5) is 4.79 Å². The van der Waals surface area contributed by atoms with Crippen molar-refractivity contribution < 1.29 is 66.6 Å². The Labute approximate surface area is 336 Å². The molecule has 6 atom stereocenters. The number of ether oxygens (including phenoxy) is 9. The molecule has 1 N–H and O–H groups in total. The fraction of sp³-hybridized carbons (Fsp3) is 0.548. The summed E-state index contributed by atoms with van der Waals surface area (Å²) < 4.78 is 49.3. The van der Waals surface area contributed by atoms with Crippen molar-refractivity contribution in [1.29, 1.82) is 0 Å². The number of piperidine rings is 1. The third-order valence-corrected chi connectivity index (χ3v) is 11.0. The van der Waals surface area contributed by atoms with Crippen LogP contribution in [0.2, 0.25) is 0 Å². The van der Waals surface area contributed by atoms with Gasteiger partial charge in [-0.25, -0.2) is 9.59 Å². The van der Waals surface area contributed by atoms with Crippen molar-refractivity contribution in [3.8, 4) is 23.0 Å². The third-order valence-electron chi connectivity index (χ3n) is 11.0. The summed E-state index contributed by atoms with van der Waals surface area (Å²) in [4.78, 5) is 70.2. The zero-order chi connectivity index (χ0) is 41.9. The molecule has 1 aliphatic carbocycles. The van der Waals surface area contributed by atoms with Gasteiger partial charge in [0, 0.05) is 42.9 Å². The van der Waals surface area contributed by atoms with Gasteiger partial charge in [-0.1, -0.05) is 0 Å². The van der Waals surface area contributed by atoms with Gasteiger partial charge in [-0.2, -0.15) is 0 Å². The van der Waals surface area contributed by atoms with Gasteiger partial charge in [-0.3, -0.25) is 19.3 Å². The molecule has 3 aliphatic rings. The Bertz CT molecular complexity index is 2010. The lowest BCUT2D eigenvalue weighted by Crippen LogP contribution is -2.58. The first-order valence-corrected chi connectivity index (χ1v) is 19.4. The molecule has 2 fully saturated rings. The number of aromatic nitrogens is 1. The predicted molar refractivity (Wildman–Crippen MR) is 206 cm³/mol. The molecule has 1 saturated carbocycles. The normalized spacial score (nSPS) is 22.7. The van der Waals surface area contributed by atoms with E-state index in [0.29, 0.717) is 25.1 Å². The number of nitrogens with zero attached hydrogens (tertiary/aromatic N) is 1. The molecule has 0 radical (unpaired) electrons. The highest BCUT2D eigenvalue weighted by atomic mass is 16.7. The van der Waals surface area contributed by atoms with Crippen molar-refractivity contribution in [1.82, 2.24) is 9.88 Å². The lowest BCUT2D eigenvalue weighted by molar-refractivity contribution is -0.176. The summed E-state index contributed by atoms with van der Waals surface area (Å²) in [6.07, 6.45) is -0.932. The number of esters is 4. The summed E-state index contributed by atoms with van der Waals surface area (Å²) in [5, 5.41) is 1.02. The molecule has 1 aromatic heterocycles. The molecule has 2 aromatic carbocycles. The summed E-state index contributed by atoms with van der Waals surface area (Å²) in [5.74, 6) is -2.71. The van der Waals surface area contributed by atoms with Gasteiger partial charge in [-0.05, 0) is 88.6 Å². The summed E-state index contributed by atoms with van der Waals surface area (Å²) in [5.41, 5.74) is 2.45. The molecule has 3 heterocycles. The summed E-state index contributed by atoms with van der Waals surface area (Å²) in [6.45, 7) is 8.45. The molecule has 16 heteroatoms. The van der Waals surface area contributed by atoms with Gasteiger partial charge in [0.1, 0.15) is 23.6 Å². The Morgan fingerprint density at radius 1 is 0.897 bits per heavy atom. The smallest absolute Gasteiger partial charge is 0.493 e. The lowest BCUT2D eigenvalue weighted by Gasteiger charge is -2.52. The fourth-order valence-corrected chi connectivity index (χ4v) is 8.61. The van der Waals surface area contributed by atoms with E-state index in [2.05, 4.69) is 9.88 Å². The number of carbonyl (C=O) groups excluding carboxylic acids is 5. The maximum atomic E-state index is 13.8. The van der Waals surface area contributed by atoms with Crippen molar-refractivity contribution in [3.63, 3.8) is 0 Å². The summed E-state index contributed by atoms with van der Waals surface area (Å²) in [7, 11) is 5.54. The van der Waals surface area contributed by atoms with Crippen LogP contribution in [-0.4, -0.2) is 106 Å². The number of rotatable bonds is 12. The van der Waals surface area contributed by atoms with E-state index in [1.807, 2.05) is 6.07 Å². The van der Waals surface area contributed by atoms with Gasteiger partial charge in [0.15, 0.2) is 11.5 Å². The van der Waals surface area contributed by atoms with E-state index in [9.17, 15) is 24.0 Å². The quantitative estimate of drug-likeness (QED) is 0.101. The van der Waals surface area contributed by atoms with E-state index in [-0.39, 0.29) is 60.1 Å². The molecule has 0 amide bonds. The van der Waals surface area contributed by atoms with Gasteiger partial charge >= 0.3 is 30.0 Å². The Morgan fingerprint density at radius 2 is 1.60 bits per heavy atom. The number of aromatic amines is 1. The molecule has 16 nitrogen and oxygen atoms in total. The predicted octanol–water partition coefficient (Wildman–Crippen LogP) is 5.72. The van der Waals surface area contributed by atoms with Crippen LogP contribution in [0.5, 0.6) is 23.0 Å². The zero-order valence-electron chi connectivity index (χ0n) is 34.2. The van der Waals surface area contributed by atoms with Crippen LogP contribution >= 0.6 is 0 Å². The van der Waals surface area contributed by atoms with Gasteiger partial charge in [0.05, 0.1) is 58.3 Å². The zero-order valence-corrected chi connectivity index (χ0v) is 34.2. The van der Waals surface area contributed by atoms with Crippen LogP contribution in [-0.2, 0) is 44.5 Å². The van der Waals surface area contributed by atoms with Crippen LogP contribution < -0.4 is 18.9 Å². The lowest BCUT2D eigenvalue weighted by atomic mass is 9.63. The number of carbonyl (C=O) groups is 5. The second kappa shape index (κ2) is 17.6. The van der Waals surface area contributed by atoms with Crippen LogP contribution in [0.3, 0.4) is 0 Å². The average molecular weight is 809 g/mol. The first kappa shape index (κ1) is 42.3. The SMILES string of the molecule is CCOC(=O)Oc1c(OC)cc(C(=O)O[C@@H]2C[C@@H]3CN4CCc5c([nH]c6cc(OC(=O)CCC(=O)OC(C)(C)C)ccc56)[C@H]4C[C@@H]3[C@H](C(=O)OC)[C@H]2OC)cc1OC. The van der Waals surface area contributed by atoms with E-state index in [1.165, 1.54) is 46.1 Å². The van der Waals surface area contributed by atoms with E-state index >= 15 is 0 Å². The monoisotopic (exact) mass is 808 g/mol. The maximum Gasteiger partial charge on any atom is 0.514 e.